The molecule has 1 aromatic carbocycles. The van der Waals surface area contributed by atoms with E-state index < -0.39 is 15.9 Å². The van der Waals surface area contributed by atoms with Crippen LogP contribution in [0.25, 0.3) is 16.4 Å². The molecule has 2 heterocycles. The number of rotatable bonds is 3. The summed E-state index contributed by atoms with van der Waals surface area (Å²) in [6, 6.07) is 9.31. The molecule has 7 nitrogen and oxygen atoms in total. The van der Waals surface area contributed by atoms with Crippen molar-refractivity contribution in [2.45, 2.75) is 13.5 Å². The SMILES string of the molecule is Cc1n[n+]2ccc3ccccc3c2n(CCS(=O)(=O)O)c1=O. The van der Waals surface area contributed by atoms with Crippen molar-refractivity contribution < 1.29 is 17.5 Å². The molecule has 3 aromatic rings. The van der Waals surface area contributed by atoms with E-state index in [9.17, 15) is 13.2 Å². The van der Waals surface area contributed by atoms with Crippen LogP contribution in [0, 0.1) is 6.92 Å². The Morgan fingerprint density at radius 1 is 1.27 bits per heavy atom. The topological polar surface area (TPSA) is 93.4 Å². The molecule has 0 fully saturated rings. The lowest BCUT2D eigenvalue weighted by Gasteiger charge is -2.05. The van der Waals surface area contributed by atoms with E-state index >= 15 is 0 Å². The van der Waals surface area contributed by atoms with Crippen LogP contribution in [0.2, 0.25) is 0 Å². The van der Waals surface area contributed by atoms with Gasteiger partial charge in [0.05, 0.1) is 5.39 Å². The zero-order valence-electron chi connectivity index (χ0n) is 11.8. The summed E-state index contributed by atoms with van der Waals surface area (Å²) in [4.78, 5) is 12.4. The smallest absolute Gasteiger partial charge is 0.285 e. The third-order valence-corrected chi connectivity index (χ3v) is 4.15. The number of hydrogen-bond acceptors (Lipinski definition) is 4. The van der Waals surface area contributed by atoms with E-state index in [1.165, 1.54) is 4.57 Å². The maximum Gasteiger partial charge on any atom is 0.359 e. The van der Waals surface area contributed by atoms with E-state index in [1.54, 1.807) is 17.6 Å². The second kappa shape index (κ2) is 5.15. The Bertz CT molecular complexity index is 1040. The Balaban J connectivity index is 2.38. The molecular weight excluding hydrogens is 306 g/mol. The Morgan fingerprint density at radius 2 is 2.00 bits per heavy atom. The molecule has 3 rings (SSSR count). The highest BCUT2D eigenvalue weighted by atomic mass is 32.2. The van der Waals surface area contributed by atoms with Gasteiger partial charge in [-0.1, -0.05) is 23.3 Å². The number of aryl methyl sites for hydroxylation is 2. The van der Waals surface area contributed by atoms with Crippen LogP contribution in [0.15, 0.2) is 41.3 Å². The molecule has 0 saturated carbocycles. The average molecular weight is 320 g/mol. The summed E-state index contributed by atoms with van der Waals surface area (Å²) >= 11 is 0. The second-order valence-electron chi connectivity index (χ2n) is 5.00. The van der Waals surface area contributed by atoms with Gasteiger partial charge in [0.2, 0.25) is 0 Å². The standard InChI is InChI=1S/C14H13N3O4S/c1-10-14(18)16(8-9-22(19,20)21)13-12-5-3-2-4-11(12)6-7-17(13)15-10/h2-7H,8-9H2,1H3/p+1. The van der Waals surface area contributed by atoms with Crippen molar-refractivity contribution in [3.8, 4) is 0 Å². The number of aromatic nitrogens is 3. The second-order valence-corrected chi connectivity index (χ2v) is 6.57. The lowest BCUT2D eigenvalue weighted by molar-refractivity contribution is -0.584. The number of hydrogen-bond donors (Lipinski definition) is 1. The summed E-state index contributed by atoms with van der Waals surface area (Å²) in [5, 5.41) is 5.89. The summed E-state index contributed by atoms with van der Waals surface area (Å²) in [5.41, 5.74) is 0.375. The van der Waals surface area contributed by atoms with Crippen molar-refractivity contribution in [3.05, 3.63) is 52.6 Å². The van der Waals surface area contributed by atoms with Crippen LogP contribution in [0.4, 0.5) is 0 Å². The molecule has 0 aliphatic carbocycles. The molecule has 0 unspecified atom stereocenters. The summed E-state index contributed by atoms with van der Waals surface area (Å²) in [7, 11) is -4.16. The molecule has 0 aliphatic heterocycles. The van der Waals surface area contributed by atoms with Gasteiger partial charge in [-0.25, -0.2) is 4.79 Å². The van der Waals surface area contributed by atoms with Crippen LogP contribution < -0.4 is 10.1 Å². The molecule has 114 valence electrons. The third-order valence-electron chi connectivity index (χ3n) is 3.45. The van der Waals surface area contributed by atoms with E-state index in [4.69, 9.17) is 4.55 Å². The van der Waals surface area contributed by atoms with Gasteiger partial charge in [-0.15, -0.1) is 4.52 Å². The highest BCUT2D eigenvalue weighted by molar-refractivity contribution is 7.85. The van der Waals surface area contributed by atoms with Crippen molar-refractivity contribution in [1.82, 2.24) is 9.67 Å². The van der Waals surface area contributed by atoms with Crippen molar-refractivity contribution in [2.75, 3.05) is 5.75 Å². The van der Waals surface area contributed by atoms with Crippen molar-refractivity contribution in [1.29, 1.82) is 0 Å². The lowest BCUT2D eigenvalue weighted by atomic mass is 10.2. The van der Waals surface area contributed by atoms with Gasteiger partial charge in [0.25, 0.3) is 10.1 Å². The molecule has 2 aromatic heterocycles. The minimum atomic E-state index is -4.16. The van der Waals surface area contributed by atoms with Crippen LogP contribution >= 0.6 is 0 Å². The predicted molar refractivity (Wildman–Crippen MR) is 80.3 cm³/mol. The first-order chi connectivity index (χ1) is 10.4. The van der Waals surface area contributed by atoms with Crippen LogP contribution in [0.3, 0.4) is 0 Å². The van der Waals surface area contributed by atoms with Gasteiger partial charge in [0.15, 0.2) is 5.69 Å². The van der Waals surface area contributed by atoms with Gasteiger partial charge < -0.3 is 0 Å². The number of nitrogens with zero attached hydrogens (tertiary/aromatic N) is 3. The van der Waals surface area contributed by atoms with E-state index in [0.29, 0.717) is 5.65 Å². The molecule has 0 bridgehead atoms. The summed E-state index contributed by atoms with van der Waals surface area (Å²) in [6.07, 6.45) is 1.72. The number of fused-ring (bicyclic) bond motifs is 3. The Hall–Kier alpha value is -2.32. The molecule has 8 heteroatoms. The van der Waals surface area contributed by atoms with E-state index in [0.717, 1.165) is 10.8 Å². The fraction of sp³-hybridized carbons (Fsp3) is 0.214. The summed E-state index contributed by atoms with van der Waals surface area (Å²) in [5.74, 6) is -0.532. The van der Waals surface area contributed by atoms with Crippen molar-refractivity contribution >= 4 is 26.5 Å². The van der Waals surface area contributed by atoms with Crippen LogP contribution in [-0.2, 0) is 16.7 Å². The molecule has 0 atom stereocenters. The van der Waals surface area contributed by atoms with Gasteiger partial charge in [-0.05, 0) is 24.4 Å². The molecule has 0 aliphatic rings. The van der Waals surface area contributed by atoms with Gasteiger partial charge in [0, 0.05) is 0 Å². The average Bonchev–Trinajstić information content (AvgIpc) is 2.46. The zero-order valence-corrected chi connectivity index (χ0v) is 12.6. The minimum absolute atomic E-state index is 0.140. The van der Waals surface area contributed by atoms with Crippen molar-refractivity contribution in [2.24, 2.45) is 0 Å². The predicted octanol–water partition coefficient (Wildman–Crippen LogP) is 0.331. The van der Waals surface area contributed by atoms with Crippen LogP contribution in [-0.4, -0.2) is 28.4 Å². The maximum atomic E-state index is 12.4. The molecule has 0 amide bonds. The molecule has 0 radical (unpaired) electrons. The fourth-order valence-corrected chi connectivity index (χ4v) is 2.86. The third kappa shape index (κ3) is 2.58. The minimum Gasteiger partial charge on any atom is -0.285 e. The quantitative estimate of drug-likeness (QED) is 0.426. The zero-order chi connectivity index (χ0) is 15.9. The maximum absolute atomic E-state index is 12.4. The highest BCUT2D eigenvalue weighted by Gasteiger charge is 2.20. The largest absolute Gasteiger partial charge is 0.359 e. The molecule has 0 saturated heterocycles. The highest BCUT2D eigenvalue weighted by Crippen LogP contribution is 2.15. The van der Waals surface area contributed by atoms with Gasteiger partial charge in [-0.2, -0.15) is 13.0 Å². The summed E-state index contributed by atoms with van der Waals surface area (Å²) < 4.78 is 33.9. The molecule has 1 N–H and O–H groups in total. The number of pyridine rings is 1. The first-order valence-corrected chi connectivity index (χ1v) is 8.24. The van der Waals surface area contributed by atoms with Gasteiger partial charge in [0.1, 0.15) is 18.5 Å². The van der Waals surface area contributed by atoms with E-state index in [-0.39, 0.29) is 17.8 Å². The van der Waals surface area contributed by atoms with Crippen LogP contribution in [0.5, 0.6) is 0 Å². The monoisotopic (exact) mass is 320 g/mol. The first kappa shape index (κ1) is 14.6. The molecule has 0 spiro atoms. The van der Waals surface area contributed by atoms with Crippen LogP contribution in [0.1, 0.15) is 5.69 Å². The molecular formula is C14H14N3O4S+. The molecule has 22 heavy (non-hydrogen) atoms. The Labute approximate surface area is 126 Å². The fourth-order valence-electron chi connectivity index (χ4n) is 2.45. The Kier molecular flexibility index (Phi) is 3.42. The van der Waals surface area contributed by atoms with E-state index in [2.05, 4.69) is 5.10 Å². The normalized spacial score (nSPS) is 12.1. The van der Waals surface area contributed by atoms with Gasteiger partial charge in [-0.3, -0.25) is 4.55 Å². The van der Waals surface area contributed by atoms with Gasteiger partial charge >= 0.3 is 11.2 Å². The first-order valence-electron chi connectivity index (χ1n) is 6.63. The van der Waals surface area contributed by atoms with E-state index in [1.807, 2.05) is 30.3 Å². The summed E-state index contributed by atoms with van der Waals surface area (Å²) in [6.45, 7) is 1.42. The van der Waals surface area contributed by atoms with Crippen molar-refractivity contribution in [3.63, 3.8) is 0 Å². The lowest BCUT2D eigenvalue weighted by Crippen LogP contribution is -2.40. The Morgan fingerprint density at radius 3 is 2.73 bits per heavy atom. The number of benzene rings is 1.